The Morgan fingerprint density at radius 2 is 1.65 bits per heavy atom. The Balaban J connectivity index is 2.59. The fraction of sp³-hybridized carbons (Fsp3) is 1.00. The van der Waals surface area contributed by atoms with E-state index in [1.807, 2.05) is 0 Å². The summed E-state index contributed by atoms with van der Waals surface area (Å²) in [6.45, 7) is 6.64. The van der Waals surface area contributed by atoms with Crippen LogP contribution in [0.5, 0.6) is 0 Å². The van der Waals surface area contributed by atoms with E-state index in [9.17, 15) is 0 Å². The van der Waals surface area contributed by atoms with E-state index in [2.05, 4.69) is 25.8 Å². The van der Waals surface area contributed by atoms with Crippen LogP contribution in [0.2, 0.25) is 0 Å². The summed E-state index contributed by atoms with van der Waals surface area (Å²) < 4.78 is 0. The quantitative estimate of drug-likeness (QED) is 0.704. The maximum atomic E-state index is 6.11. The Morgan fingerprint density at radius 3 is 2.06 bits per heavy atom. The molecule has 0 radical (unpaired) electrons. The first-order valence-electron chi connectivity index (χ1n) is 7.59. The normalized spacial score (nSPS) is 18.2. The zero-order valence-corrected chi connectivity index (χ0v) is 12.2. The molecule has 1 aliphatic rings. The molecular formula is C15H32N2. The third-order valence-corrected chi connectivity index (χ3v) is 4.63. The molecule has 2 nitrogen and oxygen atoms in total. The zero-order valence-electron chi connectivity index (χ0n) is 12.2. The third kappa shape index (κ3) is 3.96. The van der Waals surface area contributed by atoms with Gasteiger partial charge < -0.3 is 5.73 Å². The fourth-order valence-corrected chi connectivity index (χ4v) is 3.57. The molecular weight excluding hydrogens is 208 g/mol. The highest BCUT2D eigenvalue weighted by molar-refractivity contribution is 4.91. The van der Waals surface area contributed by atoms with Gasteiger partial charge in [0.25, 0.3) is 0 Å². The van der Waals surface area contributed by atoms with Gasteiger partial charge in [-0.15, -0.1) is 0 Å². The van der Waals surface area contributed by atoms with Crippen LogP contribution in [0, 0.1) is 5.92 Å². The van der Waals surface area contributed by atoms with Crippen LogP contribution in [-0.2, 0) is 0 Å². The van der Waals surface area contributed by atoms with Gasteiger partial charge in [-0.3, -0.25) is 4.90 Å². The minimum Gasteiger partial charge on any atom is -0.329 e. The molecule has 2 heteroatoms. The molecule has 0 aliphatic heterocycles. The van der Waals surface area contributed by atoms with Crippen molar-refractivity contribution in [2.45, 2.75) is 70.8 Å². The Kier molecular flexibility index (Phi) is 6.50. The van der Waals surface area contributed by atoms with Gasteiger partial charge in [-0.25, -0.2) is 0 Å². The molecule has 0 saturated heterocycles. The second-order valence-corrected chi connectivity index (χ2v) is 5.96. The van der Waals surface area contributed by atoms with E-state index < -0.39 is 0 Å². The van der Waals surface area contributed by atoms with Gasteiger partial charge in [-0.2, -0.15) is 0 Å². The molecule has 0 bridgehead atoms. The van der Waals surface area contributed by atoms with Gasteiger partial charge in [0, 0.05) is 18.6 Å². The molecule has 2 N–H and O–H groups in total. The van der Waals surface area contributed by atoms with Crippen molar-refractivity contribution in [2.75, 3.05) is 20.1 Å². The molecule has 1 saturated carbocycles. The minimum atomic E-state index is 0.270. The predicted octanol–water partition coefficient (Wildman–Crippen LogP) is 3.41. The molecule has 0 aromatic carbocycles. The monoisotopic (exact) mass is 240 g/mol. The van der Waals surface area contributed by atoms with E-state index in [0.29, 0.717) is 0 Å². The van der Waals surface area contributed by atoms with E-state index in [-0.39, 0.29) is 5.54 Å². The number of hydrogen-bond acceptors (Lipinski definition) is 2. The lowest BCUT2D eigenvalue weighted by Gasteiger charge is -2.42. The van der Waals surface area contributed by atoms with E-state index in [4.69, 9.17) is 5.73 Å². The smallest absolute Gasteiger partial charge is 0.0328 e. The zero-order chi connectivity index (χ0) is 12.7. The van der Waals surface area contributed by atoms with Crippen molar-refractivity contribution in [1.82, 2.24) is 4.90 Å². The Morgan fingerprint density at radius 1 is 1.12 bits per heavy atom. The maximum Gasteiger partial charge on any atom is 0.0328 e. The Bertz CT molecular complexity index is 191. The predicted molar refractivity (Wildman–Crippen MR) is 76.2 cm³/mol. The number of nitrogens with zero attached hydrogens (tertiary/aromatic N) is 1. The average molecular weight is 240 g/mol. The summed E-state index contributed by atoms with van der Waals surface area (Å²) in [5.41, 5.74) is 6.38. The standard InChI is InChI=1S/C15H32N2/c1-4-10-15(13-16,11-5-2)17(3)12-14-8-6-7-9-14/h14H,4-13,16H2,1-3H3. The van der Waals surface area contributed by atoms with E-state index in [1.54, 1.807) is 0 Å². The van der Waals surface area contributed by atoms with Crippen LogP contribution in [0.1, 0.15) is 65.2 Å². The lowest BCUT2D eigenvalue weighted by molar-refractivity contribution is 0.0862. The molecule has 17 heavy (non-hydrogen) atoms. The summed E-state index contributed by atoms with van der Waals surface area (Å²) in [4.78, 5) is 2.59. The van der Waals surface area contributed by atoms with Crippen molar-refractivity contribution in [2.24, 2.45) is 11.7 Å². The molecule has 0 amide bonds. The van der Waals surface area contributed by atoms with Crippen molar-refractivity contribution in [3.05, 3.63) is 0 Å². The second kappa shape index (κ2) is 7.38. The number of likely N-dealkylation sites (N-methyl/N-ethyl adjacent to an activating group) is 1. The summed E-state index contributed by atoms with van der Waals surface area (Å²) in [6, 6.07) is 0. The van der Waals surface area contributed by atoms with Gasteiger partial charge in [-0.05, 0) is 38.6 Å². The minimum absolute atomic E-state index is 0.270. The molecule has 1 rings (SSSR count). The number of rotatable bonds is 8. The van der Waals surface area contributed by atoms with Gasteiger partial charge in [0.15, 0.2) is 0 Å². The third-order valence-electron chi connectivity index (χ3n) is 4.63. The molecule has 0 spiro atoms. The molecule has 0 atom stereocenters. The average Bonchev–Trinajstić information content (AvgIpc) is 2.81. The summed E-state index contributed by atoms with van der Waals surface area (Å²) in [6.07, 6.45) is 10.7. The highest BCUT2D eigenvalue weighted by atomic mass is 15.2. The van der Waals surface area contributed by atoms with Crippen LogP contribution in [0.25, 0.3) is 0 Å². The van der Waals surface area contributed by atoms with Gasteiger partial charge in [-0.1, -0.05) is 39.5 Å². The molecule has 0 aromatic rings. The first kappa shape index (κ1) is 15.0. The van der Waals surface area contributed by atoms with Crippen LogP contribution in [-0.4, -0.2) is 30.6 Å². The van der Waals surface area contributed by atoms with Gasteiger partial charge in [0.1, 0.15) is 0 Å². The molecule has 1 fully saturated rings. The van der Waals surface area contributed by atoms with E-state index in [0.717, 1.165) is 12.5 Å². The summed E-state index contributed by atoms with van der Waals surface area (Å²) in [7, 11) is 2.30. The van der Waals surface area contributed by atoms with Crippen LogP contribution in [0.3, 0.4) is 0 Å². The van der Waals surface area contributed by atoms with E-state index >= 15 is 0 Å². The van der Waals surface area contributed by atoms with Crippen molar-refractivity contribution >= 4 is 0 Å². The molecule has 0 unspecified atom stereocenters. The fourth-order valence-electron chi connectivity index (χ4n) is 3.57. The molecule has 0 aromatic heterocycles. The van der Waals surface area contributed by atoms with Gasteiger partial charge >= 0.3 is 0 Å². The van der Waals surface area contributed by atoms with E-state index in [1.165, 1.54) is 57.9 Å². The Labute approximate surface area is 108 Å². The lowest BCUT2D eigenvalue weighted by Crippen LogP contribution is -2.53. The molecule has 0 heterocycles. The first-order valence-corrected chi connectivity index (χ1v) is 7.59. The second-order valence-electron chi connectivity index (χ2n) is 5.96. The van der Waals surface area contributed by atoms with Crippen LogP contribution in [0.4, 0.5) is 0 Å². The molecule has 1 aliphatic carbocycles. The molecule has 102 valence electrons. The lowest BCUT2D eigenvalue weighted by atomic mass is 9.86. The highest BCUT2D eigenvalue weighted by Crippen LogP contribution is 2.30. The number of hydrogen-bond donors (Lipinski definition) is 1. The number of nitrogens with two attached hydrogens (primary N) is 1. The van der Waals surface area contributed by atoms with Crippen LogP contribution >= 0.6 is 0 Å². The Hall–Kier alpha value is -0.0800. The first-order chi connectivity index (χ1) is 8.18. The van der Waals surface area contributed by atoms with Crippen molar-refractivity contribution < 1.29 is 0 Å². The van der Waals surface area contributed by atoms with Gasteiger partial charge in [0.05, 0.1) is 0 Å². The maximum absolute atomic E-state index is 6.11. The highest BCUT2D eigenvalue weighted by Gasteiger charge is 2.32. The van der Waals surface area contributed by atoms with Crippen molar-refractivity contribution in [3.63, 3.8) is 0 Å². The van der Waals surface area contributed by atoms with Crippen molar-refractivity contribution in [3.8, 4) is 0 Å². The summed E-state index contributed by atoms with van der Waals surface area (Å²) >= 11 is 0. The summed E-state index contributed by atoms with van der Waals surface area (Å²) in [5.74, 6) is 0.930. The van der Waals surface area contributed by atoms with Crippen molar-refractivity contribution in [1.29, 1.82) is 0 Å². The SMILES string of the molecule is CCCC(CN)(CCC)N(C)CC1CCCC1. The van der Waals surface area contributed by atoms with Crippen LogP contribution < -0.4 is 5.73 Å². The van der Waals surface area contributed by atoms with Crippen LogP contribution in [0.15, 0.2) is 0 Å². The summed E-state index contributed by atoms with van der Waals surface area (Å²) in [5, 5.41) is 0. The topological polar surface area (TPSA) is 29.3 Å². The van der Waals surface area contributed by atoms with Gasteiger partial charge in [0.2, 0.25) is 0 Å². The largest absolute Gasteiger partial charge is 0.329 e.